The molecule has 2 aromatic rings. The molecule has 3 rings (SSSR count). The van der Waals surface area contributed by atoms with Crippen molar-refractivity contribution in [1.29, 1.82) is 0 Å². The van der Waals surface area contributed by atoms with Crippen LogP contribution in [0.1, 0.15) is 36.5 Å². The smallest absolute Gasteiger partial charge is 0.254 e. The minimum absolute atomic E-state index is 0.0146. The second kappa shape index (κ2) is 6.27. The summed E-state index contributed by atoms with van der Waals surface area (Å²) >= 11 is 0. The van der Waals surface area contributed by atoms with Crippen molar-refractivity contribution in [1.82, 2.24) is 19.4 Å². The van der Waals surface area contributed by atoms with Gasteiger partial charge >= 0.3 is 0 Å². The lowest BCUT2D eigenvalue weighted by Crippen LogP contribution is -2.51. The van der Waals surface area contributed by atoms with Crippen molar-refractivity contribution in [2.45, 2.75) is 38.3 Å². The number of hydrogen-bond donors (Lipinski definition) is 1. The summed E-state index contributed by atoms with van der Waals surface area (Å²) in [5.74, 6) is 0.725. The first kappa shape index (κ1) is 14.7. The number of carbonyl (C=O) groups excluding carboxylic acids is 1. The van der Waals surface area contributed by atoms with Crippen molar-refractivity contribution >= 4 is 5.91 Å². The van der Waals surface area contributed by atoms with Crippen molar-refractivity contribution in [3.05, 3.63) is 42.6 Å². The zero-order chi connectivity index (χ0) is 15.5. The third-order valence-corrected chi connectivity index (χ3v) is 4.18. The Morgan fingerprint density at radius 3 is 3.00 bits per heavy atom. The van der Waals surface area contributed by atoms with E-state index in [1.807, 2.05) is 18.0 Å². The van der Waals surface area contributed by atoms with Gasteiger partial charge in [0.15, 0.2) is 0 Å². The first-order valence-electron chi connectivity index (χ1n) is 7.68. The van der Waals surface area contributed by atoms with E-state index in [-0.39, 0.29) is 18.0 Å². The Morgan fingerprint density at radius 2 is 2.27 bits per heavy atom. The second-order valence-electron chi connectivity index (χ2n) is 5.79. The summed E-state index contributed by atoms with van der Waals surface area (Å²) in [6.45, 7) is 2.74. The van der Waals surface area contributed by atoms with Crippen molar-refractivity contribution in [2.75, 3.05) is 6.54 Å². The number of rotatable bonds is 3. The van der Waals surface area contributed by atoms with Crippen LogP contribution in [0, 0.1) is 0 Å². The van der Waals surface area contributed by atoms with Crippen LogP contribution < -0.4 is 5.73 Å². The molecular weight excluding hydrogens is 278 g/mol. The number of nitrogens with two attached hydrogens (primary N) is 1. The molecule has 2 atom stereocenters. The Labute approximate surface area is 130 Å². The van der Waals surface area contributed by atoms with Crippen LogP contribution in [0.25, 0.3) is 5.82 Å². The van der Waals surface area contributed by atoms with E-state index in [1.165, 1.54) is 0 Å². The molecule has 2 aromatic heterocycles. The Morgan fingerprint density at radius 1 is 1.41 bits per heavy atom. The molecule has 0 bridgehead atoms. The predicted octanol–water partition coefficient (Wildman–Crippen LogP) is 1.61. The molecule has 0 aromatic carbocycles. The summed E-state index contributed by atoms with van der Waals surface area (Å²) in [6, 6.07) is 3.66. The number of amides is 1. The highest BCUT2D eigenvalue weighted by atomic mass is 16.2. The fourth-order valence-electron chi connectivity index (χ4n) is 3.01. The maximum atomic E-state index is 12.9. The monoisotopic (exact) mass is 299 g/mol. The van der Waals surface area contributed by atoms with Crippen LogP contribution in [0.5, 0.6) is 0 Å². The van der Waals surface area contributed by atoms with Gasteiger partial charge in [-0.2, -0.15) is 0 Å². The molecule has 2 unspecified atom stereocenters. The van der Waals surface area contributed by atoms with E-state index < -0.39 is 0 Å². The van der Waals surface area contributed by atoms with Gasteiger partial charge in [0.05, 0.1) is 0 Å². The van der Waals surface area contributed by atoms with E-state index in [2.05, 4.69) is 9.97 Å². The third kappa shape index (κ3) is 2.87. The van der Waals surface area contributed by atoms with Crippen molar-refractivity contribution in [3.8, 4) is 5.82 Å². The van der Waals surface area contributed by atoms with Gasteiger partial charge in [-0.3, -0.25) is 9.36 Å². The van der Waals surface area contributed by atoms with Crippen LogP contribution in [0.4, 0.5) is 0 Å². The van der Waals surface area contributed by atoms with Crippen molar-refractivity contribution < 1.29 is 4.79 Å². The van der Waals surface area contributed by atoms with E-state index in [1.54, 1.807) is 35.4 Å². The highest BCUT2D eigenvalue weighted by Gasteiger charge is 2.29. The van der Waals surface area contributed by atoms with E-state index >= 15 is 0 Å². The normalized spacial score (nSPS) is 19.9. The molecule has 1 aliphatic rings. The van der Waals surface area contributed by atoms with Crippen molar-refractivity contribution in [2.24, 2.45) is 5.73 Å². The summed E-state index contributed by atoms with van der Waals surface area (Å²) in [5.41, 5.74) is 6.71. The SMILES string of the molecule is CC(N)C1CCCCN1C(=O)c1ccnc(-n2ccnc2)c1. The number of likely N-dealkylation sites (tertiary alicyclic amines) is 1. The maximum absolute atomic E-state index is 12.9. The lowest BCUT2D eigenvalue weighted by Gasteiger charge is -2.38. The van der Waals surface area contributed by atoms with Crippen LogP contribution in [-0.4, -0.2) is 44.0 Å². The molecule has 22 heavy (non-hydrogen) atoms. The summed E-state index contributed by atoms with van der Waals surface area (Å²) in [6.07, 6.45) is 9.97. The first-order valence-corrected chi connectivity index (χ1v) is 7.68. The highest BCUT2D eigenvalue weighted by Crippen LogP contribution is 2.22. The van der Waals surface area contributed by atoms with Gasteiger partial charge in [-0.1, -0.05) is 0 Å². The number of hydrogen-bond acceptors (Lipinski definition) is 4. The van der Waals surface area contributed by atoms with E-state index in [4.69, 9.17) is 5.73 Å². The zero-order valence-electron chi connectivity index (χ0n) is 12.7. The lowest BCUT2D eigenvalue weighted by molar-refractivity contribution is 0.0583. The van der Waals surface area contributed by atoms with E-state index in [0.717, 1.165) is 25.8 Å². The summed E-state index contributed by atoms with van der Waals surface area (Å²) in [4.78, 5) is 23.1. The quantitative estimate of drug-likeness (QED) is 0.934. The summed E-state index contributed by atoms with van der Waals surface area (Å²) in [7, 11) is 0. The Hall–Kier alpha value is -2.21. The second-order valence-corrected chi connectivity index (χ2v) is 5.79. The Kier molecular flexibility index (Phi) is 4.20. The lowest BCUT2D eigenvalue weighted by atomic mass is 9.96. The molecule has 2 N–H and O–H groups in total. The molecule has 1 amide bonds. The average Bonchev–Trinajstić information content (AvgIpc) is 3.09. The van der Waals surface area contributed by atoms with Gasteiger partial charge in [0.2, 0.25) is 0 Å². The van der Waals surface area contributed by atoms with E-state index in [0.29, 0.717) is 11.4 Å². The standard InChI is InChI=1S/C16H21N5O/c1-12(17)14-4-2-3-8-21(14)16(22)13-5-6-19-15(10-13)20-9-7-18-11-20/h5-7,9-12,14H,2-4,8,17H2,1H3. The number of pyridine rings is 1. The van der Waals surface area contributed by atoms with E-state index in [9.17, 15) is 4.79 Å². The molecule has 3 heterocycles. The number of aromatic nitrogens is 3. The summed E-state index contributed by atoms with van der Waals surface area (Å²) in [5, 5.41) is 0. The molecule has 0 saturated carbocycles. The molecule has 0 aliphatic carbocycles. The van der Waals surface area contributed by atoms with Gasteiger partial charge in [0, 0.05) is 42.8 Å². The average molecular weight is 299 g/mol. The van der Waals surface area contributed by atoms with Crippen LogP contribution in [0.15, 0.2) is 37.1 Å². The molecule has 116 valence electrons. The van der Waals surface area contributed by atoms with Crippen LogP contribution in [0.2, 0.25) is 0 Å². The minimum Gasteiger partial charge on any atom is -0.334 e. The zero-order valence-corrected chi connectivity index (χ0v) is 12.7. The molecule has 6 heteroatoms. The van der Waals surface area contributed by atoms with Gasteiger partial charge in [0.1, 0.15) is 12.1 Å². The van der Waals surface area contributed by atoms with Gasteiger partial charge in [-0.25, -0.2) is 9.97 Å². The molecule has 1 saturated heterocycles. The number of nitrogens with zero attached hydrogens (tertiary/aromatic N) is 4. The van der Waals surface area contributed by atoms with Gasteiger partial charge in [-0.15, -0.1) is 0 Å². The maximum Gasteiger partial charge on any atom is 0.254 e. The topological polar surface area (TPSA) is 77.0 Å². The molecule has 0 radical (unpaired) electrons. The molecule has 6 nitrogen and oxygen atoms in total. The van der Waals surface area contributed by atoms with Crippen LogP contribution >= 0.6 is 0 Å². The molecule has 1 fully saturated rings. The number of carbonyl (C=O) groups is 1. The number of piperidine rings is 1. The fraction of sp³-hybridized carbons (Fsp3) is 0.438. The van der Waals surface area contributed by atoms with Crippen LogP contribution in [-0.2, 0) is 0 Å². The first-order chi connectivity index (χ1) is 10.7. The molecule has 0 spiro atoms. The highest BCUT2D eigenvalue weighted by molar-refractivity contribution is 5.94. The van der Waals surface area contributed by atoms with Gasteiger partial charge < -0.3 is 10.6 Å². The number of imidazole rings is 1. The Balaban J connectivity index is 1.86. The van der Waals surface area contributed by atoms with Gasteiger partial charge in [-0.05, 0) is 38.3 Å². The molecular formula is C16H21N5O. The summed E-state index contributed by atoms with van der Waals surface area (Å²) < 4.78 is 1.79. The third-order valence-electron chi connectivity index (χ3n) is 4.18. The Bertz CT molecular complexity index is 638. The fourth-order valence-corrected chi connectivity index (χ4v) is 3.01. The van der Waals surface area contributed by atoms with Gasteiger partial charge in [0.25, 0.3) is 5.91 Å². The predicted molar refractivity (Wildman–Crippen MR) is 83.7 cm³/mol. The molecule has 1 aliphatic heterocycles. The minimum atomic E-state index is -0.0146. The largest absolute Gasteiger partial charge is 0.334 e. The van der Waals surface area contributed by atoms with Crippen molar-refractivity contribution in [3.63, 3.8) is 0 Å². The van der Waals surface area contributed by atoms with Crippen LogP contribution in [0.3, 0.4) is 0 Å².